The Morgan fingerprint density at radius 3 is 2.60 bits per heavy atom. The molecule has 8 heteroatoms. The Labute approximate surface area is 121 Å². The third-order valence-electron chi connectivity index (χ3n) is 3.16. The van der Waals surface area contributed by atoms with Gasteiger partial charge in [-0.05, 0) is 19.2 Å². The molecule has 0 bridgehead atoms. The van der Waals surface area contributed by atoms with Gasteiger partial charge in [0.2, 0.25) is 0 Å². The van der Waals surface area contributed by atoms with Gasteiger partial charge in [-0.25, -0.2) is 5.01 Å². The molecule has 2 rings (SSSR count). The first-order valence-electron chi connectivity index (χ1n) is 6.16. The van der Waals surface area contributed by atoms with Gasteiger partial charge in [-0.15, -0.1) is 0 Å². The van der Waals surface area contributed by atoms with E-state index in [0.717, 1.165) is 13.1 Å². The lowest BCUT2D eigenvalue weighted by Crippen LogP contribution is -2.52. The highest BCUT2D eigenvalue weighted by atomic mass is 35.5. The van der Waals surface area contributed by atoms with E-state index in [0.29, 0.717) is 13.1 Å². The summed E-state index contributed by atoms with van der Waals surface area (Å²) >= 11 is 5.72. The van der Waals surface area contributed by atoms with Crippen LogP contribution in [0.3, 0.4) is 0 Å². The lowest BCUT2D eigenvalue weighted by atomic mass is 10.1. The average Bonchev–Trinajstić information content (AvgIpc) is 2.41. The SMILES string of the molecule is CN1CCN(NC(=O)c2ccc(Cl)cc2[N+](=O)[O-])CC1. The van der Waals surface area contributed by atoms with E-state index in [4.69, 9.17) is 11.6 Å². The number of rotatable bonds is 3. The molecule has 108 valence electrons. The third-order valence-corrected chi connectivity index (χ3v) is 3.40. The van der Waals surface area contributed by atoms with Crippen molar-refractivity contribution in [2.75, 3.05) is 33.2 Å². The van der Waals surface area contributed by atoms with Crippen molar-refractivity contribution in [3.63, 3.8) is 0 Å². The van der Waals surface area contributed by atoms with Gasteiger partial charge in [0.05, 0.1) is 4.92 Å². The summed E-state index contributed by atoms with van der Waals surface area (Å²) in [6.07, 6.45) is 0. The highest BCUT2D eigenvalue weighted by molar-refractivity contribution is 6.31. The number of hydrogen-bond donors (Lipinski definition) is 1. The van der Waals surface area contributed by atoms with Crippen LogP contribution in [0.1, 0.15) is 10.4 Å². The Balaban J connectivity index is 2.11. The summed E-state index contributed by atoms with van der Waals surface area (Å²) in [6, 6.07) is 4.01. The van der Waals surface area contributed by atoms with Crippen molar-refractivity contribution >= 4 is 23.2 Å². The minimum atomic E-state index is -0.606. The average molecular weight is 299 g/mol. The molecule has 1 N–H and O–H groups in total. The predicted octanol–water partition coefficient (Wildman–Crippen LogP) is 1.14. The van der Waals surface area contributed by atoms with Crippen LogP contribution in [0.4, 0.5) is 5.69 Å². The predicted molar refractivity (Wildman–Crippen MR) is 74.6 cm³/mol. The number of nitrogens with one attached hydrogen (secondary N) is 1. The zero-order valence-electron chi connectivity index (χ0n) is 11.0. The summed E-state index contributed by atoms with van der Waals surface area (Å²) in [4.78, 5) is 24.6. The van der Waals surface area contributed by atoms with Crippen LogP contribution in [0.2, 0.25) is 5.02 Å². The molecule has 0 atom stereocenters. The van der Waals surface area contributed by atoms with Gasteiger partial charge in [0.15, 0.2) is 0 Å². The molecule has 7 nitrogen and oxygen atoms in total. The van der Waals surface area contributed by atoms with Crippen LogP contribution in [-0.4, -0.2) is 54.0 Å². The van der Waals surface area contributed by atoms with Gasteiger partial charge in [-0.3, -0.25) is 20.3 Å². The number of hydrogen-bond acceptors (Lipinski definition) is 5. The molecular formula is C12H15ClN4O3. The molecule has 1 aromatic rings. The molecule has 0 aromatic heterocycles. The normalized spacial score (nSPS) is 16.9. The molecule has 0 unspecified atom stereocenters. The fourth-order valence-corrected chi connectivity index (χ4v) is 2.14. The number of likely N-dealkylation sites (N-methyl/N-ethyl adjacent to an activating group) is 1. The van der Waals surface area contributed by atoms with E-state index in [2.05, 4.69) is 10.3 Å². The van der Waals surface area contributed by atoms with Crippen molar-refractivity contribution in [2.24, 2.45) is 0 Å². The molecule has 0 radical (unpaired) electrons. The van der Waals surface area contributed by atoms with Crippen molar-refractivity contribution in [3.8, 4) is 0 Å². The molecule has 1 aromatic carbocycles. The number of benzene rings is 1. The molecule has 0 saturated carbocycles. The zero-order valence-corrected chi connectivity index (χ0v) is 11.8. The number of halogens is 1. The first-order valence-corrected chi connectivity index (χ1v) is 6.53. The second kappa shape index (κ2) is 6.17. The van der Waals surface area contributed by atoms with Crippen molar-refractivity contribution < 1.29 is 9.72 Å². The van der Waals surface area contributed by atoms with Crippen LogP contribution in [-0.2, 0) is 0 Å². The van der Waals surface area contributed by atoms with Crippen molar-refractivity contribution in [1.29, 1.82) is 0 Å². The zero-order chi connectivity index (χ0) is 14.7. The van der Waals surface area contributed by atoms with Gasteiger partial charge in [0, 0.05) is 37.3 Å². The molecule has 0 aliphatic carbocycles. The fraction of sp³-hybridized carbons (Fsp3) is 0.417. The molecule has 0 spiro atoms. The molecule has 20 heavy (non-hydrogen) atoms. The molecule has 1 aliphatic rings. The quantitative estimate of drug-likeness (QED) is 0.669. The van der Waals surface area contributed by atoms with Gasteiger partial charge in [0.25, 0.3) is 11.6 Å². The van der Waals surface area contributed by atoms with Crippen LogP contribution in [0.5, 0.6) is 0 Å². The van der Waals surface area contributed by atoms with Crippen LogP contribution in [0.15, 0.2) is 18.2 Å². The monoisotopic (exact) mass is 298 g/mol. The number of nitro benzene ring substituents is 1. The molecule has 1 aliphatic heterocycles. The van der Waals surface area contributed by atoms with Gasteiger partial charge >= 0.3 is 0 Å². The standard InChI is InChI=1S/C12H15ClN4O3/c1-15-4-6-16(7-5-15)14-12(18)10-3-2-9(13)8-11(10)17(19)20/h2-3,8H,4-7H2,1H3,(H,14,18). The van der Waals surface area contributed by atoms with Gasteiger partial charge < -0.3 is 4.90 Å². The Hall–Kier alpha value is -1.70. The number of nitro groups is 1. The number of hydrazine groups is 1. The lowest BCUT2D eigenvalue weighted by Gasteiger charge is -2.32. The summed E-state index contributed by atoms with van der Waals surface area (Å²) < 4.78 is 0. The summed E-state index contributed by atoms with van der Waals surface area (Å²) in [6.45, 7) is 3.04. The fourth-order valence-electron chi connectivity index (χ4n) is 1.97. The first-order chi connectivity index (χ1) is 9.47. The Morgan fingerprint density at radius 2 is 2.00 bits per heavy atom. The number of amides is 1. The van der Waals surface area contributed by atoms with Crippen LogP contribution in [0.25, 0.3) is 0 Å². The van der Waals surface area contributed by atoms with Gasteiger partial charge in [-0.2, -0.15) is 0 Å². The number of piperazine rings is 1. The minimum absolute atomic E-state index is 0.0123. The smallest absolute Gasteiger partial charge is 0.283 e. The van der Waals surface area contributed by atoms with Gasteiger partial charge in [0.1, 0.15) is 5.56 Å². The maximum absolute atomic E-state index is 12.1. The second-order valence-corrected chi connectivity index (χ2v) is 5.09. The molecule has 1 fully saturated rings. The summed E-state index contributed by atoms with van der Waals surface area (Å²) in [5.74, 6) is -0.488. The summed E-state index contributed by atoms with van der Waals surface area (Å²) in [5, 5.41) is 13.0. The molecule has 1 heterocycles. The lowest BCUT2D eigenvalue weighted by molar-refractivity contribution is -0.385. The number of carbonyl (C=O) groups excluding carboxylic acids is 1. The Kier molecular flexibility index (Phi) is 4.53. The maximum Gasteiger partial charge on any atom is 0.283 e. The van der Waals surface area contributed by atoms with Gasteiger partial charge in [-0.1, -0.05) is 11.6 Å². The van der Waals surface area contributed by atoms with Crippen LogP contribution in [0, 0.1) is 10.1 Å². The van der Waals surface area contributed by atoms with E-state index in [-0.39, 0.29) is 16.3 Å². The maximum atomic E-state index is 12.1. The number of nitrogens with zero attached hydrogens (tertiary/aromatic N) is 3. The van der Waals surface area contributed by atoms with E-state index in [9.17, 15) is 14.9 Å². The molecule has 1 amide bonds. The molecule has 1 saturated heterocycles. The van der Waals surface area contributed by atoms with Crippen molar-refractivity contribution in [3.05, 3.63) is 38.9 Å². The van der Waals surface area contributed by atoms with E-state index in [1.807, 2.05) is 7.05 Å². The minimum Gasteiger partial charge on any atom is -0.304 e. The molecular weight excluding hydrogens is 284 g/mol. The van der Waals surface area contributed by atoms with E-state index in [1.54, 1.807) is 5.01 Å². The summed E-state index contributed by atoms with van der Waals surface area (Å²) in [5.41, 5.74) is 2.42. The third kappa shape index (κ3) is 3.44. The highest BCUT2D eigenvalue weighted by Gasteiger charge is 2.23. The first kappa shape index (κ1) is 14.7. The van der Waals surface area contributed by atoms with E-state index in [1.165, 1.54) is 18.2 Å². The highest BCUT2D eigenvalue weighted by Crippen LogP contribution is 2.23. The number of carbonyl (C=O) groups is 1. The summed E-state index contributed by atoms with van der Waals surface area (Å²) in [7, 11) is 2.00. The van der Waals surface area contributed by atoms with Crippen LogP contribution >= 0.6 is 11.6 Å². The topological polar surface area (TPSA) is 78.7 Å². The van der Waals surface area contributed by atoms with E-state index >= 15 is 0 Å². The largest absolute Gasteiger partial charge is 0.304 e. The van der Waals surface area contributed by atoms with Crippen molar-refractivity contribution in [1.82, 2.24) is 15.3 Å². The Morgan fingerprint density at radius 1 is 1.35 bits per heavy atom. The second-order valence-electron chi connectivity index (χ2n) is 4.65. The van der Waals surface area contributed by atoms with Crippen LogP contribution < -0.4 is 5.43 Å². The van der Waals surface area contributed by atoms with Crippen molar-refractivity contribution in [2.45, 2.75) is 0 Å². The van der Waals surface area contributed by atoms with E-state index < -0.39 is 10.8 Å². The Bertz CT molecular complexity index is 529.